The van der Waals surface area contributed by atoms with Crippen molar-refractivity contribution in [3.63, 3.8) is 0 Å². The van der Waals surface area contributed by atoms with Gasteiger partial charge in [0.1, 0.15) is 0 Å². The zero-order valence-electron chi connectivity index (χ0n) is 11.4. The highest BCUT2D eigenvalue weighted by molar-refractivity contribution is 5.78. The van der Waals surface area contributed by atoms with E-state index in [1.165, 1.54) is 0 Å². The molecule has 0 spiro atoms. The van der Waals surface area contributed by atoms with E-state index in [0.29, 0.717) is 26.2 Å². The lowest BCUT2D eigenvalue weighted by Gasteiger charge is -2.30. The van der Waals surface area contributed by atoms with E-state index in [2.05, 4.69) is 0 Å². The molecule has 0 atom stereocenters. The van der Waals surface area contributed by atoms with Gasteiger partial charge in [-0.3, -0.25) is 9.59 Å². The largest absolute Gasteiger partial charge is 0.481 e. The third-order valence-electron chi connectivity index (χ3n) is 4.29. The molecule has 5 heteroatoms. The van der Waals surface area contributed by atoms with E-state index < -0.39 is 5.97 Å². The highest BCUT2D eigenvalue weighted by Crippen LogP contribution is 2.44. The van der Waals surface area contributed by atoms with Crippen LogP contribution in [0, 0.1) is 5.41 Å². The van der Waals surface area contributed by atoms with Gasteiger partial charge in [0.25, 0.3) is 0 Å². The minimum atomic E-state index is -0.783. The van der Waals surface area contributed by atoms with E-state index in [9.17, 15) is 9.59 Å². The number of rotatable bonds is 4. The number of carboxylic acid groups (broad SMARTS) is 1. The van der Waals surface area contributed by atoms with Crippen LogP contribution in [0.2, 0.25) is 0 Å². The Morgan fingerprint density at radius 3 is 2.47 bits per heavy atom. The molecule has 2 aliphatic rings. The number of nitrogens with zero attached hydrogens (tertiary/aromatic N) is 1. The second-order valence-corrected chi connectivity index (χ2v) is 5.80. The minimum absolute atomic E-state index is 0.105. The number of hydrogen-bond donors (Lipinski definition) is 1. The van der Waals surface area contributed by atoms with E-state index in [4.69, 9.17) is 9.84 Å². The van der Waals surface area contributed by atoms with Gasteiger partial charge in [-0.1, -0.05) is 12.8 Å². The molecule has 0 radical (unpaired) electrons. The summed E-state index contributed by atoms with van der Waals surface area (Å²) in [6.07, 6.45) is 5.22. The summed E-state index contributed by atoms with van der Waals surface area (Å²) in [4.78, 5) is 25.2. The Balaban J connectivity index is 1.96. The van der Waals surface area contributed by atoms with Crippen molar-refractivity contribution in [2.24, 2.45) is 5.41 Å². The summed E-state index contributed by atoms with van der Waals surface area (Å²) >= 11 is 0. The molecule has 1 heterocycles. The van der Waals surface area contributed by atoms with E-state index in [0.717, 1.165) is 38.6 Å². The van der Waals surface area contributed by atoms with Crippen LogP contribution in [0.4, 0.5) is 0 Å². The van der Waals surface area contributed by atoms with Gasteiger partial charge < -0.3 is 14.7 Å². The molecule has 108 valence electrons. The number of carboxylic acids is 1. The van der Waals surface area contributed by atoms with Crippen LogP contribution < -0.4 is 0 Å². The zero-order valence-corrected chi connectivity index (χ0v) is 11.4. The summed E-state index contributed by atoms with van der Waals surface area (Å²) in [5.74, 6) is -0.678. The Morgan fingerprint density at radius 2 is 1.79 bits per heavy atom. The predicted molar refractivity (Wildman–Crippen MR) is 69.8 cm³/mol. The Labute approximate surface area is 113 Å². The summed E-state index contributed by atoms with van der Waals surface area (Å²) in [6, 6.07) is 0. The molecule has 19 heavy (non-hydrogen) atoms. The SMILES string of the molecule is O=C(O)CC1(CC(=O)N2CCCOCC2)CCCC1. The lowest BCUT2D eigenvalue weighted by molar-refractivity contribution is -0.141. The highest BCUT2D eigenvalue weighted by atomic mass is 16.5. The van der Waals surface area contributed by atoms with E-state index >= 15 is 0 Å². The third-order valence-corrected chi connectivity index (χ3v) is 4.29. The standard InChI is InChI=1S/C14H23NO4/c16-12(15-6-3-8-19-9-7-15)10-14(11-13(17)18)4-1-2-5-14/h1-11H2,(H,17,18). The van der Waals surface area contributed by atoms with Gasteiger partial charge in [-0.15, -0.1) is 0 Å². The fraction of sp³-hybridized carbons (Fsp3) is 0.857. The number of hydrogen-bond acceptors (Lipinski definition) is 3. The van der Waals surface area contributed by atoms with Crippen molar-refractivity contribution in [1.29, 1.82) is 0 Å². The van der Waals surface area contributed by atoms with Gasteiger partial charge in [0.05, 0.1) is 13.0 Å². The number of carbonyl (C=O) groups excluding carboxylic acids is 1. The smallest absolute Gasteiger partial charge is 0.303 e. The maximum atomic E-state index is 12.4. The molecule has 0 unspecified atom stereocenters. The van der Waals surface area contributed by atoms with Crippen molar-refractivity contribution < 1.29 is 19.4 Å². The molecular formula is C14H23NO4. The van der Waals surface area contributed by atoms with Crippen molar-refractivity contribution >= 4 is 11.9 Å². The third kappa shape index (κ3) is 3.93. The van der Waals surface area contributed by atoms with Crippen molar-refractivity contribution in [2.45, 2.75) is 44.9 Å². The van der Waals surface area contributed by atoms with Gasteiger partial charge in [-0.25, -0.2) is 0 Å². The van der Waals surface area contributed by atoms with Gasteiger partial charge in [0.2, 0.25) is 5.91 Å². The van der Waals surface area contributed by atoms with Gasteiger partial charge in [0, 0.05) is 26.1 Å². The second kappa shape index (κ2) is 6.37. The van der Waals surface area contributed by atoms with Crippen LogP contribution in [-0.4, -0.2) is 48.2 Å². The lowest BCUT2D eigenvalue weighted by Crippen LogP contribution is -2.37. The van der Waals surface area contributed by atoms with Gasteiger partial charge in [-0.05, 0) is 24.7 Å². The summed E-state index contributed by atoms with van der Waals surface area (Å²) in [7, 11) is 0. The van der Waals surface area contributed by atoms with Crippen LogP contribution in [0.25, 0.3) is 0 Å². The normalized spacial score (nSPS) is 23.1. The van der Waals surface area contributed by atoms with Crippen molar-refractivity contribution in [1.82, 2.24) is 4.90 Å². The van der Waals surface area contributed by atoms with Gasteiger partial charge in [-0.2, -0.15) is 0 Å². The van der Waals surface area contributed by atoms with E-state index in [-0.39, 0.29) is 17.7 Å². The van der Waals surface area contributed by atoms with Crippen molar-refractivity contribution in [3.05, 3.63) is 0 Å². The average molecular weight is 269 g/mol. The van der Waals surface area contributed by atoms with Crippen LogP contribution in [-0.2, 0) is 14.3 Å². The number of ether oxygens (including phenoxy) is 1. The molecule has 1 amide bonds. The van der Waals surface area contributed by atoms with Crippen LogP contribution in [0.5, 0.6) is 0 Å². The summed E-state index contributed by atoms with van der Waals surface area (Å²) in [6.45, 7) is 2.69. The Hall–Kier alpha value is -1.10. The molecule has 1 saturated carbocycles. The molecule has 2 fully saturated rings. The first-order valence-electron chi connectivity index (χ1n) is 7.19. The van der Waals surface area contributed by atoms with Crippen molar-refractivity contribution in [3.8, 4) is 0 Å². The van der Waals surface area contributed by atoms with Crippen LogP contribution >= 0.6 is 0 Å². The number of aliphatic carboxylic acids is 1. The second-order valence-electron chi connectivity index (χ2n) is 5.80. The lowest BCUT2D eigenvalue weighted by atomic mass is 9.79. The highest BCUT2D eigenvalue weighted by Gasteiger charge is 2.39. The van der Waals surface area contributed by atoms with Crippen LogP contribution in [0.15, 0.2) is 0 Å². The molecule has 1 aliphatic carbocycles. The molecule has 5 nitrogen and oxygen atoms in total. The molecule has 1 aliphatic heterocycles. The first kappa shape index (κ1) is 14.3. The molecule has 0 aromatic rings. The number of amides is 1. The number of carbonyl (C=O) groups is 2. The van der Waals surface area contributed by atoms with Gasteiger partial charge in [0.15, 0.2) is 0 Å². The van der Waals surface area contributed by atoms with E-state index in [1.807, 2.05) is 4.90 Å². The summed E-state index contributed by atoms with van der Waals surface area (Å²) < 4.78 is 5.35. The maximum absolute atomic E-state index is 12.4. The first-order chi connectivity index (χ1) is 9.11. The maximum Gasteiger partial charge on any atom is 0.303 e. The fourth-order valence-electron chi connectivity index (χ4n) is 3.29. The quantitative estimate of drug-likeness (QED) is 0.843. The summed E-state index contributed by atoms with van der Waals surface area (Å²) in [5, 5.41) is 9.06. The Kier molecular flexibility index (Phi) is 4.80. The van der Waals surface area contributed by atoms with Crippen LogP contribution in [0.3, 0.4) is 0 Å². The van der Waals surface area contributed by atoms with Crippen molar-refractivity contribution in [2.75, 3.05) is 26.3 Å². The molecular weight excluding hydrogens is 246 g/mol. The fourth-order valence-corrected chi connectivity index (χ4v) is 3.29. The monoisotopic (exact) mass is 269 g/mol. The Bertz CT molecular complexity index is 328. The molecule has 0 aromatic heterocycles. The topological polar surface area (TPSA) is 66.8 Å². The Morgan fingerprint density at radius 1 is 1.05 bits per heavy atom. The van der Waals surface area contributed by atoms with Crippen LogP contribution in [0.1, 0.15) is 44.9 Å². The molecule has 2 rings (SSSR count). The zero-order chi connectivity index (χ0) is 13.7. The minimum Gasteiger partial charge on any atom is -0.481 e. The molecule has 1 N–H and O–H groups in total. The average Bonchev–Trinajstić information content (AvgIpc) is 2.65. The molecule has 1 saturated heterocycles. The molecule has 0 aromatic carbocycles. The van der Waals surface area contributed by atoms with E-state index in [1.54, 1.807) is 0 Å². The van der Waals surface area contributed by atoms with Gasteiger partial charge >= 0.3 is 5.97 Å². The molecule has 0 bridgehead atoms. The predicted octanol–water partition coefficient (Wildman–Crippen LogP) is 1.66. The first-order valence-corrected chi connectivity index (χ1v) is 7.19. The summed E-state index contributed by atoms with van der Waals surface area (Å²) in [5.41, 5.74) is -0.296.